The predicted octanol–water partition coefficient (Wildman–Crippen LogP) is 16.6. The van der Waals surface area contributed by atoms with E-state index in [4.69, 9.17) is 17.3 Å². The molecule has 0 aliphatic heterocycles. The van der Waals surface area contributed by atoms with Crippen LogP contribution in [0.3, 0.4) is 0 Å². The van der Waals surface area contributed by atoms with Gasteiger partial charge in [0.1, 0.15) is 0 Å². The molecule has 67 heavy (non-hydrogen) atoms. The molecule has 0 bridgehead atoms. The predicted molar refractivity (Wildman–Crippen MR) is 286 cm³/mol. The fourth-order valence-electron chi connectivity index (χ4n) is 8.85. The molecule has 12 aromatic rings. The zero-order valence-electron chi connectivity index (χ0n) is 36.8. The van der Waals surface area contributed by atoms with Crippen LogP contribution in [0.5, 0.6) is 0 Å². The van der Waals surface area contributed by atoms with E-state index in [1.165, 1.54) is 49.2 Å². The van der Waals surface area contributed by atoms with E-state index in [1.54, 1.807) is 0 Å². The van der Waals surface area contributed by atoms with Crippen LogP contribution >= 0.6 is 11.6 Å². The van der Waals surface area contributed by atoms with Crippen molar-refractivity contribution >= 4 is 83.6 Å². The quantitative estimate of drug-likeness (QED) is 0.133. The van der Waals surface area contributed by atoms with Crippen molar-refractivity contribution < 1.29 is 0 Å². The fraction of sp³-hybridized carbons (Fsp3) is 0.0164. The van der Waals surface area contributed by atoms with Gasteiger partial charge in [-0.05, 0) is 96.1 Å². The fourth-order valence-corrected chi connectivity index (χ4v) is 9.09. The third-order valence-corrected chi connectivity index (χ3v) is 12.3. The summed E-state index contributed by atoms with van der Waals surface area (Å²) in [6.45, 7) is 0. The molecule has 4 N–H and O–H groups in total. The molecular weight excluding hydrogens is 838 g/mol. The number of fused-ring (bicyclic) bond motifs is 6. The lowest BCUT2D eigenvalue weighted by Gasteiger charge is -2.20. The van der Waals surface area contributed by atoms with Gasteiger partial charge in [0.25, 0.3) is 0 Å². The molecule has 0 spiro atoms. The van der Waals surface area contributed by atoms with E-state index in [0.717, 1.165) is 56.8 Å². The largest absolute Gasteiger partial charge is 0.399 e. The van der Waals surface area contributed by atoms with E-state index in [9.17, 15) is 0 Å². The van der Waals surface area contributed by atoms with Crippen LogP contribution in [-0.2, 0) is 6.42 Å². The summed E-state index contributed by atoms with van der Waals surface area (Å²) in [5.41, 5.74) is 19.7. The number of benzene rings is 10. The third kappa shape index (κ3) is 9.10. The van der Waals surface area contributed by atoms with Crippen LogP contribution in [0.1, 0.15) is 11.1 Å². The van der Waals surface area contributed by atoms with Crippen LogP contribution in [0.25, 0.3) is 55.0 Å². The molecule has 2 heterocycles. The van der Waals surface area contributed by atoms with Crippen molar-refractivity contribution in [2.24, 2.45) is 0 Å². The van der Waals surface area contributed by atoms with Crippen molar-refractivity contribution in [1.82, 2.24) is 9.13 Å². The number of anilines is 5. The number of hydrogen-bond acceptors (Lipinski definition) is 3. The topological polar surface area (TPSA) is 59.9 Å². The number of aromatic nitrogens is 2. The van der Waals surface area contributed by atoms with Gasteiger partial charge in [-0.25, -0.2) is 0 Å². The maximum absolute atomic E-state index is 6.69. The van der Waals surface area contributed by atoms with Gasteiger partial charge in [0, 0.05) is 50.1 Å². The lowest BCUT2D eigenvalue weighted by molar-refractivity contribution is 1.09. The third-order valence-electron chi connectivity index (χ3n) is 11.9. The van der Waals surface area contributed by atoms with Gasteiger partial charge in [0.2, 0.25) is 0 Å². The maximum atomic E-state index is 6.69. The highest BCUT2D eigenvalue weighted by atomic mass is 35.5. The number of nitrogen functional groups attached to an aromatic ring is 1. The van der Waals surface area contributed by atoms with E-state index in [2.05, 4.69) is 202 Å². The Kier molecular flexibility index (Phi) is 12.5. The highest BCUT2D eigenvalue weighted by Crippen LogP contribution is 2.40. The molecule has 0 saturated carbocycles. The molecule has 0 saturated heterocycles. The number of nitrogens with zero attached hydrogens (tertiary/aromatic N) is 2. The van der Waals surface area contributed by atoms with Gasteiger partial charge in [-0.1, -0.05) is 181 Å². The van der Waals surface area contributed by atoms with E-state index < -0.39 is 0 Å². The van der Waals surface area contributed by atoms with Crippen molar-refractivity contribution in [3.63, 3.8) is 0 Å². The minimum atomic E-state index is 0.802. The number of rotatable bonds is 8. The molecule has 0 fully saturated rings. The van der Waals surface area contributed by atoms with Gasteiger partial charge in [0.05, 0.1) is 44.8 Å². The molecule has 2 aromatic heterocycles. The highest BCUT2D eigenvalue weighted by Gasteiger charge is 2.18. The Morgan fingerprint density at radius 1 is 0.358 bits per heavy atom. The molecule has 6 heteroatoms. The molecular formula is C61H48ClN5. The van der Waals surface area contributed by atoms with Crippen molar-refractivity contribution in [2.75, 3.05) is 16.4 Å². The second kappa shape index (κ2) is 19.7. The Balaban J connectivity index is 0.000000139. The SMILES string of the molecule is Clc1cccc(-n2c3ccccc3c3ccccc32)c1Cc1ccccc1.Nc1ccccc1.c1ccc(Nc2cccc(-n3c4ccccc4c4ccccc43)c2Nc2ccccc2)cc1. The Labute approximate surface area is 396 Å². The average molecular weight is 887 g/mol. The molecule has 0 unspecified atom stereocenters. The first-order chi connectivity index (χ1) is 33.1. The number of para-hydroxylation sites is 8. The molecule has 0 aliphatic carbocycles. The molecule has 12 rings (SSSR count). The monoisotopic (exact) mass is 885 g/mol. The maximum Gasteiger partial charge on any atom is 0.0868 e. The summed E-state index contributed by atoms with van der Waals surface area (Å²) < 4.78 is 4.70. The number of halogens is 1. The second-order valence-electron chi connectivity index (χ2n) is 16.2. The Hall–Kier alpha value is -8.51. The normalized spacial score (nSPS) is 10.9. The second-order valence-corrected chi connectivity index (χ2v) is 16.6. The summed E-state index contributed by atoms with van der Waals surface area (Å²) in [6.07, 6.45) is 0.802. The first-order valence-corrected chi connectivity index (χ1v) is 22.8. The summed E-state index contributed by atoms with van der Waals surface area (Å²) in [4.78, 5) is 0. The minimum Gasteiger partial charge on any atom is -0.399 e. The minimum absolute atomic E-state index is 0.802. The number of nitrogens with two attached hydrogens (primary N) is 1. The smallest absolute Gasteiger partial charge is 0.0868 e. The molecule has 0 radical (unpaired) electrons. The summed E-state index contributed by atoms with van der Waals surface area (Å²) in [7, 11) is 0. The lowest BCUT2D eigenvalue weighted by Crippen LogP contribution is -2.04. The van der Waals surface area contributed by atoms with Crippen LogP contribution < -0.4 is 16.4 Å². The van der Waals surface area contributed by atoms with E-state index in [-0.39, 0.29) is 0 Å². The first-order valence-electron chi connectivity index (χ1n) is 22.5. The van der Waals surface area contributed by atoms with E-state index in [1.807, 2.05) is 72.8 Å². The summed E-state index contributed by atoms with van der Waals surface area (Å²) >= 11 is 6.69. The van der Waals surface area contributed by atoms with Gasteiger partial charge in [0.15, 0.2) is 0 Å². The Morgan fingerprint density at radius 3 is 1.22 bits per heavy atom. The van der Waals surface area contributed by atoms with Gasteiger partial charge in [-0.3, -0.25) is 0 Å². The zero-order chi connectivity index (χ0) is 45.4. The van der Waals surface area contributed by atoms with Crippen molar-refractivity contribution in [3.05, 3.63) is 271 Å². The van der Waals surface area contributed by atoms with E-state index >= 15 is 0 Å². The summed E-state index contributed by atoms with van der Waals surface area (Å²) in [5.74, 6) is 0. The highest BCUT2D eigenvalue weighted by molar-refractivity contribution is 6.31. The molecule has 0 amide bonds. The zero-order valence-corrected chi connectivity index (χ0v) is 37.6. The van der Waals surface area contributed by atoms with Crippen LogP contribution in [-0.4, -0.2) is 9.13 Å². The van der Waals surface area contributed by atoms with Crippen LogP contribution in [0.15, 0.2) is 255 Å². The van der Waals surface area contributed by atoms with Gasteiger partial charge >= 0.3 is 0 Å². The van der Waals surface area contributed by atoms with Crippen molar-refractivity contribution in [2.45, 2.75) is 6.42 Å². The molecule has 5 nitrogen and oxygen atoms in total. The van der Waals surface area contributed by atoms with Gasteiger partial charge < -0.3 is 25.5 Å². The van der Waals surface area contributed by atoms with Crippen LogP contribution in [0.4, 0.5) is 28.4 Å². The van der Waals surface area contributed by atoms with Crippen LogP contribution in [0, 0.1) is 0 Å². The molecule has 324 valence electrons. The molecule has 0 atom stereocenters. The number of nitrogens with one attached hydrogen (secondary N) is 2. The molecule has 10 aromatic carbocycles. The Bertz CT molecular complexity index is 3460. The van der Waals surface area contributed by atoms with Gasteiger partial charge in [-0.15, -0.1) is 0 Å². The van der Waals surface area contributed by atoms with Crippen molar-refractivity contribution in [1.29, 1.82) is 0 Å². The lowest BCUT2D eigenvalue weighted by atomic mass is 10.0. The molecule has 0 aliphatic rings. The first kappa shape index (κ1) is 42.4. The van der Waals surface area contributed by atoms with Crippen molar-refractivity contribution in [3.8, 4) is 11.4 Å². The summed E-state index contributed by atoms with van der Waals surface area (Å²) in [6, 6.07) is 87.5. The standard InChI is InChI=1S/C30H23N3.C25H18ClN.C6H7N/c1-3-12-22(13-4-1)31-26-18-11-21-29(30(26)32-23-14-5-2-6-15-23)33-27-19-9-7-16-24(27)25-17-8-10-20-28(25)33;26-22-13-8-16-25(21(22)17-18-9-2-1-3-10-18)27-23-14-6-4-11-19(23)20-12-5-7-15-24(20)27;7-6-4-2-1-3-5-6/h1-21,31-32H;1-16H,17H2;1-5H,7H2. The van der Waals surface area contributed by atoms with Crippen LogP contribution in [0.2, 0.25) is 5.02 Å². The average Bonchev–Trinajstić information content (AvgIpc) is 3.90. The van der Waals surface area contributed by atoms with Gasteiger partial charge in [-0.2, -0.15) is 0 Å². The summed E-state index contributed by atoms with van der Waals surface area (Å²) in [5, 5.41) is 13.1. The number of hydrogen-bond donors (Lipinski definition) is 3. The Morgan fingerprint density at radius 2 is 0.746 bits per heavy atom. The van der Waals surface area contributed by atoms with E-state index in [0.29, 0.717) is 0 Å².